The van der Waals surface area contributed by atoms with E-state index in [4.69, 9.17) is 4.52 Å². The Morgan fingerprint density at radius 3 is 2.45 bits per heavy atom. The number of carbonyl (C=O) groups is 2. The van der Waals surface area contributed by atoms with Crippen LogP contribution in [0.1, 0.15) is 29.9 Å². The number of anilines is 1. The molecule has 1 aromatic heterocycles. The zero-order chi connectivity index (χ0) is 23.2. The van der Waals surface area contributed by atoms with E-state index in [2.05, 4.69) is 31.7 Å². The maximum Gasteiger partial charge on any atom is 0.246 e. The molecule has 2 heterocycles. The number of nitrogens with zero attached hydrogens (tertiary/aromatic N) is 3. The molecule has 0 atom stereocenters. The van der Waals surface area contributed by atoms with Gasteiger partial charge in [-0.3, -0.25) is 14.5 Å². The normalized spacial score (nSPS) is 14.7. The van der Waals surface area contributed by atoms with E-state index in [9.17, 15) is 9.59 Å². The number of nitrogens with one attached hydrogen (secondary N) is 2. The topological polar surface area (TPSA) is 100 Å². The standard InChI is InChI=1S/C25H29N5O3/c1-17-12-18(2)14-21(13-17)27-22(31)16-30-10-8-20(9-11-30)25(32)26-15-23-28-24(29-33-23)19-6-4-3-5-7-19/h3-7,12-14,20H,8-11,15-16H2,1-2H3,(H,26,32)(H,27,31). The van der Waals surface area contributed by atoms with Crippen molar-refractivity contribution >= 4 is 17.5 Å². The summed E-state index contributed by atoms with van der Waals surface area (Å²) in [4.78, 5) is 31.4. The average molecular weight is 448 g/mol. The molecule has 0 aliphatic carbocycles. The van der Waals surface area contributed by atoms with Gasteiger partial charge in [-0.15, -0.1) is 0 Å². The average Bonchev–Trinajstić information content (AvgIpc) is 3.27. The molecule has 8 nitrogen and oxygen atoms in total. The summed E-state index contributed by atoms with van der Waals surface area (Å²) >= 11 is 0. The van der Waals surface area contributed by atoms with Crippen LogP contribution in [0.25, 0.3) is 11.4 Å². The van der Waals surface area contributed by atoms with Crippen LogP contribution in [-0.4, -0.2) is 46.5 Å². The second kappa shape index (κ2) is 10.4. The lowest BCUT2D eigenvalue weighted by Gasteiger charge is -2.30. The minimum atomic E-state index is -0.0831. The fourth-order valence-electron chi connectivity index (χ4n) is 4.14. The second-order valence-electron chi connectivity index (χ2n) is 8.57. The molecular formula is C25H29N5O3. The minimum Gasteiger partial charge on any atom is -0.347 e. The molecule has 2 amide bonds. The third kappa shape index (κ3) is 6.26. The highest BCUT2D eigenvalue weighted by Gasteiger charge is 2.26. The van der Waals surface area contributed by atoms with Crippen molar-refractivity contribution in [1.29, 1.82) is 0 Å². The molecule has 1 aliphatic rings. The summed E-state index contributed by atoms with van der Waals surface area (Å²) in [6.07, 6.45) is 1.42. The highest BCUT2D eigenvalue weighted by Crippen LogP contribution is 2.19. The van der Waals surface area contributed by atoms with Crippen molar-refractivity contribution in [3.8, 4) is 11.4 Å². The van der Waals surface area contributed by atoms with Crippen molar-refractivity contribution in [2.45, 2.75) is 33.2 Å². The summed E-state index contributed by atoms with van der Waals surface area (Å²) < 4.78 is 5.25. The lowest BCUT2D eigenvalue weighted by Crippen LogP contribution is -2.43. The highest BCUT2D eigenvalue weighted by molar-refractivity contribution is 5.92. The Kier molecular flexibility index (Phi) is 7.14. The van der Waals surface area contributed by atoms with Gasteiger partial charge in [0.05, 0.1) is 13.1 Å². The van der Waals surface area contributed by atoms with Gasteiger partial charge in [-0.05, 0) is 63.0 Å². The van der Waals surface area contributed by atoms with Gasteiger partial charge >= 0.3 is 0 Å². The van der Waals surface area contributed by atoms with Gasteiger partial charge in [0.2, 0.25) is 23.5 Å². The van der Waals surface area contributed by atoms with E-state index < -0.39 is 0 Å². The molecule has 1 fully saturated rings. The molecule has 3 aromatic rings. The first-order chi connectivity index (χ1) is 16.0. The van der Waals surface area contributed by atoms with Crippen molar-refractivity contribution in [1.82, 2.24) is 20.4 Å². The van der Waals surface area contributed by atoms with Gasteiger partial charge in [-0.25, -0.2) is 0 Å². The molecule has 4 rings (SSSR count). The van der Waals surface area contributed by atoms with Crippen LogP contribution >= 0.6 is 0 Å². The second-order valence-corrected chi connectivity index (χ2v) is 8.57. The molecule has 8 heteroatoms. The monoisotopic (exact) mass is 447 g/mol. The van der Waals surface area contributed by atoms with Crippen molar-refractivity contribution in [2.24, 2.45) is 5.92 Å². The first kappa shape index (κ1) is 22.7. The Morgan fingerprint density at radius 2 is 1.76 bits per heavy atom. The van der Waals surface area contributed by atoms with Crippen molar-refractivity contribution in [2.75, 3.05) is 25.0 Å². The van der Waals surface area contributed by atoms with Gasteiger partial charge in [0.15, 0.2) is 0 Å². The first-order valence-corrected chi connectivity index (χ1v) is 11.2. The number of rotatable bonds is 7. The van der Waals surface area contributed by atoms with Gasteiger partial charge in [0.1, 0.15) is 0 Å². The van der Waals surface area contributed by atoms with E-state index in [1.807, 2.05) is 56.3 Å². The lowest BCUT2D eigenvalue weighted by atomic mass is 9.96. The number of likely N-dealkylation sites (tertiary alicyclic amines) is 1. The van der Waals surface area contributed by atoms with Crippen LogP contribution in [0.2, 0.25) is 0 Å². The van der Waals surface area contributed by atoms with Gasteiger partial charge in [0.25, 0.3) is 0 Å². The van der Waals surface area contributed by atoms with Gasteiger partial charge in [-0.1, -0.05) is 41.6 Å². The Morgan fingerprint density at radius 1 is 1.06 bits per heavy atom. The summed E-state index contributed by atoms with van der Waals surface area (Å²) in [6.45, 7) is 5.97. The van der Waals surface area contributed by atoms with E-state index in [0.29, 0.717) is 44.2 Å². The summed E-state index contributed by atoms with van der Waals surface area (Å²) in [5.74, 6) is 0.748. The number of hydrogen-bond donors (Lipinski definition) is 2. The van der Waals surface area contributed by atoms with Gasteiger partial charge < -0.3 is 15.2 Å². The number of aryl methyl sites for hydroxylation is 2. The fraction of sp³-hybridized carbons (Fsp3) is 0.360. The predicted octanol–water partition coefficient (Wildman–Crippen LogP) is 3.32. The van der Waals surface area contributed by atoms with E-state index >= 15 is 0 Å². The third-order valence-electron chi connectivity index (χ3n) is 5.74. The van der Waals surface area contributed by atoms with Crippen molar-refractivity contribution in [3.63, 3.8) is 0 Å². The fourth-order valence-corrected chi connectivity index (χ4v) is 4.14. The largest absolute Gasteiger partial charge is 0.347 e. The molecular weight excluding hydrogens is 418 g/mol. The third-order valence-corrected chi connectivity index (χ3v) is 5.74. The van der Waals surface area contributed by atoms with Crippen LogP contribution in [0.3, 0.4) is 0 Å². The number of carbonyl (C=O) groups excluding carboxylic acids is 2. The number of amides is 2. The lowest BCUT2D eigenvalue weighted by molar-refractivity contribution is -0.126. The smallest absolute Gasteiger partial charge is 0.246 e. The Labute approximate surface area is 193 Å². The van der Waals surface area contributed by atoms with Gasteiger partial charge in [-0.2, -0.15) is 4.98 Å². The van der Waals surface area contributed by atoms with Crippen molar-refractivity contribution in [3.05, 3.63) is 65.5 Å². The molecule has 2 aromatic carbocycles. The van der Waals surface area contributed by atoms with Crippen LogP contribution in [0.5, 0.6) is 0 Å². The van der Waals surface area contributed by atoms with Crippen LogP contribution in [-0.2, 0) is 16.1 Å². The van der Waals surface area contributed by atoms with Crippen LogP contribution in [0.4, 0.5) is 5.69 Å². The molecule has 0 bridgehead atoms. The van der Waals surface area contributed by atoms with E-state index in [1.54, 1.807) is 0 Å². The van der Waals surface area contributed by atoms with Crippen LogP contribution in [0, 0.1) is 19.8 Å². The Hall–Kier alpha value is -3.52. The van der Waals surface area contributed by atoms with Crippen LogP contribution in [0.15, 0.2) is 53.1 Å². The molecule has 33 heavy (non-hydrogen) atoms. The van der Waals surface area contributed by atoms with E-state index in [1.165, 1.54) is 0 Å². The van der Waals surface area contributed by atoms with E-state index in [-0.39, 0.29) is 24.3 Å². The number of piperidine rings is 1. The molecule has 0 radical (unpaired) electrons. The molecule has 1 aliphatic heterocycles. The Bertz CT molecular complexity index is 1080. The maximum absolute atomic E-state index is 12.6. The predicted molar refractivity (Wildman–Crippen MR) is 125 cm³/mol. The van der Waals surface area contributed by atoms with E-state index in [0.717, 1.165) is 22.4 Å². The zero-order valence-corrected chi connectivity index (χ0v) is 19.0. The molecule has 172 valence electrons. The number of hydrogen-bond acceptors (Lipinski definition) is 6. The van der Waals surface area contributed by atoms with Gasteiger partial charge in [0, 0.05) is 17.2 Å². The summed E-state index contributed by atoms with van der Waals surface area (Å²) in [5, 5.41) is 9.85. The SMILES string of the molecule is Cc1cc(C)cc(NC(=O)CN2CCC(C(=O)NCc3nc(-c4ccccc4)no3)CC2)c1. The molecule has 0 unspecified atom stereocenters. The summed E-state index contributed by atoms with van der Waals surface area (Å²) in [5.41, 5.74) is 3.93. The number of aromatic nitrogens is 2. The summed E-state index contributed by atoms with van der Waals surface area (Å²) in [6, 6.07) is 15.6. The number of benzene rings is 2. The molecule has 0 spiro atoms. The van der Waals surface area contributed by atoms with Crippen LogP contribution < -0.4 is 10.6 Å². The molecule has 0 saturated carbocycles. The highest BCUT2D eigenvalue weighted by atomic mass is 16.5. The summed E-state index contributed by atoms with van der Waals surface area (Å²) in [7, 11) is 0. The maximum atomic E-state index is 12.6. The molecule has 2 N–H and O–H groups in total. The Balaban J connectivity index is 1.20. The zero-order valence-electron chi connectivity index (χ0n) is 19.0. The first-order valence-electron chi connectivity index (χ1n) is 11.2. The molecule has 1 saturated heterocycles. The quantitative estimate of drug-likeness (QED) is 0.576. The minimum absolute atomic E-state index is 0.0196. The van der Waals surface area contributed by atoms with Crippen molar-refractivity contribution < 1.29 is 14.1 Å².